The van der Waals surface area contributed by atoms with Crippen molar-refractivity contribution >= 4 is 45.0 Å². The van der Waals surface area contributed by atoms with Gasteiger partial charge in [-0.25, -0.2) is 9.38 Å². The molecular weight excluding hydrogens is 636 g/mol. The number of carbonyl (C=O) groups excluding carboxylic acids is 1. The molecule has 1 aliphatic rings. The zero-order valence-electron chi connectivity index (χ0n) is 28.2. The number of methoxy groups -OCH3 is 1. The third-order valence-corrected chi connectivity index (χ3v) is 10.6. The van der Waals surface area contributed by atoms with Gasteiger partial charge >= 0.3 is 0 Å². The number of likely N-dealkylation sites (N-methyl/N-ethyl adjacent to an activating group) is 1. The molecule has 1 atom stereocenters. The van der Waals surface area contributed by atoms with Crippen molar-refractivity contribution in [3.8, 4) is 5.75 Å². The molecule has 0 N–H and O–H groups in total. The van der Waals surface area contributed by atoms with E-state index in [4.69, 9.17) is 9.73 Å². The third kappa shape index (κ3) is 5.38. The lowest BCUT2D eigenvalue weighted by molar-refractivity contribution is -0.127. The number of aromatic nitrogens is 2. The fraction of sp³-hybridized carbons (Fsp3) is 0.225. The van der Waals surface area contributed by atoms with Crippen LogP contribution in [0, 0.1) is 12.7 Å². The Morgan fingerprint density at radius 2 is 1.65 bits per heavy atom. The monoisotopic (exact) mass is 672 g/mol. The lowest BCUT2D eigenvalue weighted by Gasteiger charge is -2.30. The van der Waals surface area contributed by atoms with Crippen molar-refractivity contribution in [1.82, 2.24) is 14.0 Å². The molecule has 0 unspecified atom stereocenters. The molecule has 0 fully saturated rings. The topological polar surface area (TPSA) is 68.8 Å². The van der Waals surface area contributed by atoms with E-state index < -0.39 is 6.04 Å². The summed E-state index contributed by atoms with van der Waals surface area (Å²) in [6.45, 7) is 9.14. The minimum atomic E-state index is -0.768. The molecule has 0 spiro atoms. The largest absolute Gasteiger partial charge is 0.496 e. The first kappa shape index (κ1) is 32.3. The van der Waals surface area contributed by atoms with E-state index >= 15 is 0 Å². The van der Waals surface area contributed by atoms with E-state index in [0.717, 1.165) is 38.5 Å². The van der Waals surface area contributed by atoms with E-state index in [1.54, 1.807) is 28.7 Å². The van der Waals surface area contributed by atoms with Crippen LogP contribution in [0.2, 0.25) is 0 Å². The van der Waals surface area contributed by atoms with Gasteiger partial charge in [0, 0.05) is 46.4 Å². The third-order valence-electron chi connectivity index (χ3n) is 9.57. The first-order valence-electron chi connectivity index (χ1n) is 16.5. The van der Waals surface area contributed by atoms with Crippen LogP contribution >= 0.6 is 11.3 Å². The standard InChI is InChI=1S/C40H37FN4O3S/c1-6-43(7-2)39(47)35-24(3)42-40-45(37(35)36-28-16-10-8-14-26(28)20-21-33(36)48-5)38(46)34(49-40)22-30-25(4)44(32-19-13-11-17-29(30)32)23-27-15-9-12-18-31(27)41/h8-22,37H,6-7,23H2,1-5H3/b34-22+/t37-/m1/s1. The Hall–Kier alpha value is -5.28. The van der Waals surface area contributed by atoms with Crippen molar-refractivity contribution in [2.45, 2.75) is 40.3 Å². The van der Waals surface area contributed by atoms with Gasteiger partial charge in [0.25, 0.3) is 11.5 Å². The zero-order valence-corrected chi connectivity index (χ0v) is 29.0. The summed E-state index contributed by atoms with van der Waals surface area (Å²) in [4.78, 5) is 36.2. The highest BCUT2D eigenvalue weighted by Crippen LogP contribution is 2.40. The first-order chi connectivity index (χ1) is 23.8. The maximum absolute atomic E-state index is 14.8. The van der Waals surface area contributed by atoms with Gasteiger partial charge in [-0.2, -0.15) is 0 Å². The van der Waals surface area contributed by atoms with Crippen LogP contribution < -0.4 is 19.6 Å². The molecule has 0 saturated carbocycles. The highest BCUT2D eigenvalue weighted by molar-refractivity contribution is 7.07. The number of rotatable bonds is 8. The van der Waals surface area contributed by atoms with Crippen LogP contribution in [-0.2, 0) is 11.3 Å². The van der Waals surface area contributed by atoms with Gasteiger partial charge in [-0.05, 0) is 62.7 Å². The summed E-state index contributed by atoms with van der Waals surface area (Å²) in [6.07, 6.45) is 1.92. The number of fused-ring (bicyclic) bond motifs is 3. The average molecular weight is 673 g/mol. The molecule has 7 rings (SSSR count). The molecule has 0 saturated heterocycles. The number of nitrogens with zero attached hydrogens (tertiary/aromatic N) is 4. The molecule has 4 aromatic carbocycles. The van der Waals surface area contributed by atoms with Crippen LogP contribution in [0.1, 0.15) is 49.2 Å². The number of hydrogen-bond donors (Lipinski definition) is 0. The Bertz CT molecular complexity index is 2490. The summed E-state index contributed by atoms with van der Waals surface area (Å²) in [5.41, 5.74) is 4.85. The Morgan fingerprint density at radius 3 is 2.39 bits per heavy atom. The molecule has 1 amide bonds. The number of para-hydroxylation sites is 1. The van der Waals surface area contributed by atoms with Crippen molar-refractivity contribution in [3.63, 3.8) is 0 Å². The molecule has 0 radical (unpaired) electrons. The van der Waals surface area contributed by atoms with Crippen LogP contribution in [0.3, 0.4) is 0 Å². The molecule has 0 bridgehead atoms. The van der Waals surface area contributed by atoms with E-state index in [1.807, 2.05) is 101 Å². The second-order valence-electron chi connectivity index (χ2n) is 12.2. The number of halogens is 1. The van der Waals surface area contributed by atoms with Crippen molar-refractivity contribution in [2.75, 3.05) is 20.2 Å². The molecule has 2 aromatic heterocycles. The minimum Gasteiger partial charge on any atom is -0.496 e. The maximum atomic E-state index is 14.8. The smallest absolute Gasteiger partial charge is 0.271 e. The lowest BCUT2D eigenvalue weighted by atomic mass is 9.90. The number of hydrogen-bond acceptors (Lipinski definition) is 5. The lowest BCUT2D eigenvalue weighted by Crippen LogP contribution is -2.43. The summed E-state index contributed by atoms with van der Waals surface area (Å²) in [7, 11) is 1.61. The average Bonchev–Trinajstić information content (AvgIpc) is 3.56. The van der Waals surface area contributed by atoms with Crippen LogP contribution in [0.4, 0.5) is 4.39 Å². The molecule has 9 heteroatoms. The summed E-state index contributed by atoms with van der Waals surface area (Å²) in [6, 6.07) is 25.8. The molecule has 3 heterocycles. The predicted octanol–water partition coefficient (Wildman–Crippen LogP) is 6.72. The SMILES string of the molecule is CCN(CC)C(=O)C1=C(C)N=c2s/c(=C/c3c(C)n(Cc4ccccc4F)c4ccccc34)c(=O)n2[C@H]1c1c(OC)ccc2ccccc12. The summed E-state index contributed by atoms with van der Waals surface area (Å²) in [5.74, 6) is 0.168. The summed E-state index contributed by atoms with van der Waals surface area (Å²) < 4.78 is 25.0. The normalized spacial score (nSPS) is 14.7. The molecule has 248 valence electrons. The molecule has 1 aliphatic heterocycles. The van der Waals surface area contributed by atoms with Gasteiger partial charge in [-0.3, -0.25) is 14.2 Å². The fourth-order valence-electron chi connectivity index (χ4n) is 7.06. The van der Waals surface area contributed by atoms with Crippen LogP contribution in [0.15, 0.2) is 106 Å². The van der Waals surface area contributed by atoms with Crippen LogP contribution in [-0.4, -0.2) is 40.1 Å². The van der Waals surface area contributed by atoms with Gasteiger partial charge in [0.15, 0.2) is 4.80 Å². The second kappa shape index (κ2) is 13.0. The predicted molar refractivity (Wildman–Crippen MR) is 194 cm³/mol. The zero-order chi connectivity index (χ0) is 34.4. The van der Waals surface area contributed by atoms with Crippen molar-refractivity contribution in [3.05, 3.63) is 144 Å². The van der Waals surface area contributed by atoms with Gasteiger partial charge in [-0.1, -0.05) is 78.1 Å². The molecular formula is C40H37FN4O3S. The Labute approximate surface area is 287 Å². The highest BCUT2D eigenvalue weighted by Gasteiger charge is 2.36. The van der Waals surface area contributed by atoms with E-state index in [1.165, 1.54) is 17.4 Å². The van der Waals surface area contributed by atoms with Crippen molar-refractivity contribution < 1.29 is 13.9 Å². The van der Waals surface area contributed by atoms with E-state index in [9.17, 15) is 14.0 Å². The van der Waals surface area contributed by atoms with Crippen LogP contribution in [0.25, 0.3) is 27.8 Å². The maximum Gasteiger partial charge on any atom is 0.271 e. The second-order valence-corrected chi connectivity index (χ2v) is 13.2. The van der Waals surface area contributed by atoms with E-state index in [0.29, 0.717) is 51.6 Å². The molecule has 49 heavy (non-hydrogen) atoms. The number of ether oxygens (including phenoxy) is 1. The van der Waals surface area contributed by atoms with Gasteiger partial charge in [0.2, 0.25) is 0 Å². The van der Waals surface area contributed by atoms with Gasteiger partial charge in [-0.15, -0.1) is 0 Å². The Balaban J connectivity index is 1.49. The Morgan fingerprint density at radius 1 is 0.959 bits per heavy atom. The number of amides is 1. The quantitative estimate of drug-likeness (QED) is 0.181. The minimum absolute atomic E-state index is 0.160. The number of carbonyl (C=O) groups is 1. The van der Waals surface area contributed by atoms with Crippen molar-refractivity contribution in [2.24, 2.45) is 4.99 Å². The summed E-state index contributed by atoms with van der Waals surface area (Å²) >= 11 is 1.30. The Kier molecular flexibility index (Phi) is 8.54. The highest BCUT2D eigenvalue weighted by atomic mass is 32.1. The molecule has 7 nitrogen and oxygen atoms in total. The van der Waals surface area contributed by atoms with Gasteiger partial charge < -0.3 is 14.2 Å². The van der Waals surface area contributed by atoms with Crippen molar-refractivity contribution in [1.29, 1.82) is 0 Å². The first-order valence-corrected chi connectivity index (χ1v) is 17.3. The number of allylic oxidation sites excluding steroid dienone is 1. The van der Waals surface area contributed by atoms with Crippen LogP contribution in [0.5, 0.6) is 5.75 Å². The van der Waals surface area contributed by atoms with Gasteiger partial charge in [0.1, 0.15) is 17.6 Å². The number of benzene rings is 4. The fourth-order valence-corrected chi connectivity index (χ4v) is 8.09. The molecule has 6 aromatic rings. The summed E-state index contributed by atoms with van der Waals surface area (Å²) in [5, 5.41) is 2.83. The van der Waals surface area contributed by atoms with E-state index in [2.05, 4.69) is 4.57 Å². The van der Waals surface area contributed by atoms with Gasteiger partial charge in [0.05, 0.1) is 29.5 Å². The number of thiazole rings is 1. The molecule has 0 aliphatic carbocycles. The van der Waals surface area contributed by atoms with E-state index in [-0.39, 0.29) is 17.3 Å².